The minimum Gasteiger partial charge on any atom is -0.352 e. The van der Waals surface area contributed by atoms with E-state index in [1.54, 1.807) is 36.9 Å². The number of anilines is 1. The van der Waals surface area contributed by atoms with Gasteiger partial charge in [-0.25, -0.2) is 4.98 Å². The van der Waals surface area contributed by atoms with Crippen molar-refractivity contribution in [2.75, 3.05) is 31.1 Å². The summed E-state index contributed by atoms with van der Waals surface area (Å²) in [6.07, 6.45) is 6.80. The fourth-order valence-corrected chi connectivity index (χ4v) is 2.58. The van der Waals surface area contributed by atoms with Crippen molar-refractivity contribution in [1.82, 2.24) is 19.9 Å². The van der Waals surface area contributed by atoms with Crippen LogP contribution in [-0.2, 0) is 0 Å². The Kier molecular flexibility index (Phi) is 3.92. The number of pyridine rings is 1. The molecule has 1 amide bonds. The van der Waals surface area contributed by atoms with Crippen molar-refractivity contribution in [2.45, 2.75) is 0 Å². The maximum Gasteiger partial charge on any atom is 0.256 e. The summed E-state index contributed by atoms with van der Waals surface area (Å²) in [7, 11) is 0. The van der Waals surface area contributed by atoms with Crippen LogP contribution in [0.1, 0.15) is 10.4 Å². The van der Waals surface area contributed by atoms with Crippen LogP contribution in [0.15, 0.2) is 36.9 Å². The van der Waals surface area contributed by atoms with E-state index in [2.05, 4.69) is 19.9 Å². The van der Waals surface area contributed by atoms with E-state index < -0.39 is 0 Å². The molecule has 1 fully saturated rings. The summed E-state index contributed by atoms with van der Waals surface area (Å²) < 4.78 is 0.485. The van der Waals surface area contributed by atoms with Gasteiger partial charge in [0.2, 0.25) is 0 Å². The molecule has 0 atom stereocenters. The Morgan fingerprint density at radius 3 is 2.71 bits per heavy atom. The molecule has 0 saturated carbocycles. The average Bonchev–Trinajstić information content (AvgIpc) is 2.56. The maximum atomic E-state index is 12.5. The number of aromatic nitrogens is 3. The summed E-state index contributed by atoms with van der Waals surface area (Å²) in [6.45, 7) is 2.79. The Balaban J connectivity index is 1.68. The first-order chi connectivity index (χ1) is 10.3. The molecule has 0 bridgehead atoms. The first-order valence-electron chi connectivity index (χ1n) is 6.73. The standard InChI is InChI=1S/C14H15N5OS/c20-14(11-2-1-3-17-13(11)21)19-8-6-18(7-9-19)12-10-15-4-5-16-12/h1-5,10H,6-9H2,(H,17,21). The van der Waals surface area contributed by atoms with Crippen LogP contribution in [-0.4, -0.2) is 51.9 Å². The van der Waals surface area contributed by atoms with Gasteiger partial charge < -0.3 is 14.8 Å². The molecule has 0 spiro atoms. The normalized spacial score (nSPS) is 15.0. The van der Waals surface area contributed by atoms with Crippen LogP contribution in [0, 0.1) is 4.64 Å². The predicted octanol–water partition coefficient (Wildman–Crippen LogP) is 1.50. The quantitative estimate of drug-likeness (QED) is 0.852. The number of rotatable bonds is 2. The van der Waals surface area contributed by atoms with Crippen LogP contribution >= 0.6 is 12.2 Å². The Bertz CT molecular complexity index is 679. The van der Waals surface area contributed by atoms with Gasteiger partial charge in [0.25, 0.3) is 5.91 Å². The largest absolute Gasteiger partial charge is 0.352 e. The van der Waals surface area contributed by atoms with Gasteiger partial charge in [0.05, 0.1) is 11.8 Å². The molecule has 0 aromatic carbocycles. The third-order valence-corrected chi connectivity index (χ3v) is 3.83. The van der Waals surface area contributed by atoms with Gasteiger partial charge in [-0.15, -0.1) is 0 Å². The highest BCUT2D eigenvalue weighted by Gasteiger charge is 2.23. The van der Waals surface area contributed by atoms with Crippen LogP contribution in [0.3, 0.4) is 0 Å². The second kappa shape index (κ2) is 6.01. The van der Waals surface area contributed by atoms with E-state index in [-0.39, 0.29) is 5.91 Å². The molecule has 1 N–H and O–H groups in total. The SMILES string of the molecule is O=C(c1ccc[nH]c1=S)N1CCN(c2cnccn2)CC1. The Labute approximate surface area is 127 Å². The molecule has 1 aliphatic heterocycles. The number of H-pyrrole nitrogens is 1. The zero-order valence-corrected chi connectivity index (χ0v) is 12.2. The van der Waals surface area contributed by atoms with Gasteiger partial charge in [-0.2, -0.15) is 0 Å². The predicted molar refractivity (Wildman–Crippen MR) is 81.8 cm³/mol. The molecule has 6 nitrogen and oxygen atoms in total. The van der Waals surface area contributed by atoms with Crippen LogP contribution in [0.2, 0.25) is 0 Å². The zero-order chi connectivity index (χ0) is 14.7. The summed E-state index contributed by atoms with van der Waals surface area (Å²) in [5, 5.41) is 0. The van der Waals surface area contributed by atoms with Crippen molar-refractivity contribution < 1.29 is 4.79 Å². The lowest BCUT2D eigenvalue weighted by molar-refractivity contribution is 0.0745. The highest BCUT2D eigenvalue weighted by Crippen LogP contribution is 2.13. The summed E-state index contributed by atoms with van der Waals surface area (Å²) in [5.74, 6) is 0.831. The van der Waals surface area contributed by atoms with Crippen molar-refractivity contribution in [3.05, 3.63) is 47.1 Å². The van der Waals surface area contributed by atoms with E-state index in [9.17, 15) is 4.79 Å². The second-order valence-electron chi connectivity index (χ2n) is 4.76. The number of aromatic amines is 1. The topological polar surface area (TPSA) is 65.1 Å². The lowest BCUT2D eigenvalue weighted by Gasteiger charge is -2.35. The van der Waals surface area contributed by atoms with Gasteiger partial charge >= 0.3 is 0 Å². The first-order valence-corrected chi connectivity index (χ1v) is 7.14. The van der Waals surface area contributed by atoms with Crippen LogP contribution in [0.4, 0.5) is 5.82 Å². The molecule has 7 heteroatoms. The number of carbonyl (C=O) groups is 1. The van der Waals surface area contributed by atoms with Crippen LogP contribution in [0.25, 0.3) is 0 Å². The highest BCUT2D eigenvalue weighted by molar-refractivity contribution is 7.71. The van der Waals surface area contributed by atoms with E-state index in [1.807, 2.05) is 4.90 Å². The Hall–Kier alpha value is -2.28. The van der Waals surface area contributed by atoms with Crippen molar-refractivity contribution in [3.63, 3.8) is 0 Å². The fraction of sp³-hybridized carbons (Fsp3) is 0.286. The molecule has 2 aromatic heterocycles. The molecule has 21 heavy (non-hydrogen) atoms. The summed E-state index contributed by atoms with van der Waals surface area (Å²) in [5.41, 5.74) is 0.556. The van der Waals surface area contributed by atoms with Gasteiger partial charge in [-0.05, 0) is 12.1 Å². The number of hydrogen-bond acceptors (Lipinski definition) is 5. The zero-order valence-electron chi connectivity index (χ0n) is 11.4. The van der Waals surface area contributed by atoms with E-state index in [0.29, 0.717) is 23.3 Å². The molecule has 3 rings (SSSR count). The molecule has 2 aromatic rings. The summed E-state index contributed by atoms with van der Waals surface area (Å²) >= 11 is 5.17. The van der Waals surface area contributed by atoms with Crippen molar-refractivity contribution in [1.29, 1.82) is 0 Å². The van der Waals surface area contributed by atoms with Gasteiger partial charge in [0.1, 0.15) is 10.5 Å². The molecule has 0 radical (unpaired) electrons. The molecule has 0 unspecified atom stereocenters. The van der Waals surface area contributed by atoms with E-state index >= 15 is 0 Å². The Morgan fingerprint density at radius 1 is 1.24 bits per heavy atom. The molecule has 3 heterocycles. The lowest BCUT2D eigenvalue weighted by Crippen LogP contribution is -2.49. The number of nitrogens with zero attached hydrogens (tertiary/aromatic N) is 4. The third kappa shape index (κ3) is 2.92. The number of nitrogens with one attached hydrogen (secondary N) is 1. The highest BCUT2D eigenvalue weighted by atomic mass is 32.1. The van der Waals surface area contributed by atoms with E-state index in [1.165, 1.54) is 0 Å². The van der Waals surface area contributed by atoms with Gasteiger partial charge in [0, 0.05) is 44.8 Å². The average molecular weight is 301 g/mol. The molecule has 0 aliphatic carbocycles. The third-order valence-electron chi connectivity index (χ3n) is 3.49. The monoisotopic (exact) mass is 301 g/mol. The fourth-order valence-electron chi connectivity index (χ4n) is 2.35. The molecule has 1 saturated heterocycles. The minimum atomic E-state index is -0.0179. The van der Waals surface area contributed by atoms with E-state index in [0.717, 1.165) is 18.9 Å². The van der Waals surface area contributed by atoms with Crippen molar-refractivity contribution >= 4 is 23.9 Å². The van der Waals surface area contributed by atoms with Gasteiger partial charge in [-0.1, -0.05) is 12.2 Å². The van der Waals surface area contributed by atoms with Crippen molar-refractivity contribution in [2.24, 2.45) is 0 Å². The smallest absolute Gasteiger partial charge is 0.256 e. The van der Waals surface area contributed by atoms with Gasteiger partial charge in [0.15, 0.2) is 0 Å². The number of hydrogen-bond donors (Lipinski definition) is 1. The number of piperazine rings is 1. The lowest BCUT2D eigenvalue weighted by atomic mass is 10.2. The molecule has 1 aliphatic rings. The molecular weight excluding hydrogens is 286 g/mol. The van der Waals surface area contributed by atoms with Crippen molar-refractivity contribution in [3.8, 4) is 0 Å². The summed E-state index contributed by atoms with van der Waals surface area (Å²) in [6, 6.07) is 3.55. The Morgan fingerprint density at radius 2 is 2.05 bits per heavy atom. The number of carbonyl (C=O) groups excluding carboxylic acids is 1. The minimum absolute atomic E-state index is 0.0179. The first kappa shape index (κ1) is 13.7. The van der Waals surface area contributed by atoms with E-state index in [4.69, 9.17) is 12.2 Å². The molecular formula is C14H15N5OS. The molecule has 108 valence electrons. The second-order valence-corrected chi connectivity index (χ2v) is 5.16. The summed E-state index contributed by atoms with van der Waals surface area (Å²) in [4.78, 5) is 27.7. The maximum absolute atomic E-state index is 12.5. The van der Waals surface area contributed by atoms with Crippen LogP contribution < -0.4 is 4.90 Å². The number of amides is 1. The van der Waals surface area contributed by atoms with Crippen LogP contribution in [0.5, 0.6) is 0 Å². The van der Waals surface area contributed by atoms with Gasteiger partial charge in [-0.3, -0.25) is 9.78 Å².